The summed E-state index contributed by atoms with van der Waals surface area (Å²) in [6.07, 6.45) is 0.398. The molecule has 0 radical (unpaired) electrons. The lowest BCUT2D eigenvalue weighted by atomic mass is 9.92. The van der Waals surface area contributed by atoms with Crippen LogP contribution in [-0.4, -0.2) is 27.2 Å². The Balaban J connectivity index is 2.24. The Bertz CT molecular complexity index is 933. The van der Waals surface area contributed by atoms with E-state index < -0.39 is 17.4 Å². The van der Waals surface area contributed by atoms with Gasteiger partial charge in [0.25, 0.3) is 5.56 Å². The molecule has 6 nitrogen and oxygen atoms in total. The minimum absolute atomic E-state index is 0.00640. The quantitative estimate of drug-likeness (QED) is 0.865. The Morgan fingerprint density at radius 3 is 2.64 bits per heavy atom. The summed E-state index contributed by atoms with van der Waals surface area (Å²) in [6.45, 7) is 5.38. The molecule has 0 bridgehead atoms. The maximum Gasteiger partial charge on any atom is 0.264 e. The molecular weight excluding hydrogens is 325 g/mol. The summed E-state index contributed by atoms with van der Waals surface area (Å²) in [5.41, 5.74) is 0.218. The molecule has 1 saturated carbocycles. The summed E-state index contributed by atoms with van der Waals surface area (Å²) in [5, 5.41) is 3.32. The normalized spacial score (nSPS) is 18.2. The van der Waals surface area contributed by atoms with Gasteiger partial charge in [0.15, 0.2) is 5.78 Å². The number of ketones is 2. The van der Waals surface area contributed by atoms with E-state index in [2.05, 4.69) is 10.3 Å². The Kier molecular flexibility index (Phi) is 4.41. The summed E-state index contributed by atoms with van der Waals surface area (Å²) < 4.78 is 15.2. The number of carbonyl (C=O) groups is 2. The molecule has 1 fully saturated rings. The molecule has 0 aliphatic heterocycles. The van der Waals surface area contributed by atoms with Crippen molar-refractivity contribution in [2.75, 3.05) is 5.32 Å². The fraction of sp³-hybridized carbons (Fsp3) is 0.444. The van der Waals surface area contributed by atoms with E-state index in [-0.39, 0.29) is 41.4 Å². The van der Waals surface area contributed by atoms with Crippen LogP contribution in [0.15, 0.2) is 16.9 Å². The van der Waals surface area contributed by atoms with Gasteiger partial charge in [-0.15, -0.1) is 0 Å². The summed E-state index contributed by atoms with van der Waals surface area (Å²) in [4.78, 5) is 41.2. The Labute approximate surface area is 144 Å². The number of carbonyl (C=O) groups excluding carboxylic acids is 2. The molecule has 1 unspecified atom stereocenters. The molecule has 132 valence electrons. The zero-order valence-electron chi connectivity index (χ0n) is 14.4. The zero-order valence-corrected chi connectivity index (χ0v) is 14.4. The van der Waals surface area contributed by atoms with Crippen LogP contribution in [0.1, 0.15) is 45.0 Å². The van der Waals surface area contributed by atoms with E-state index in [0.29, 0.717) is 17.9 Å². The third kappa shape index (κ3) is 3.18. The van der Waals surface area contributed by atoms with Crippen LogP contribution in [0.4, 0.5) is 10.1 Å². The summed E-state index contributed by atoms with van der Waals surface area (Å²) in [6, 6.07) is 1.77. The van der Waals surface area contributed by atoms with Crippen LogP contribution in [0.3, 0.4) is 0 Å². The number of anilines is 1. The first kappa shape index (κ1) is 17.3. The van der Waals surface area contributed by atoms with Crippen molar-refractivity contribution in [1.82, 2.24) is 9.55 Å². The number of aryl methyl sites for hydroxylation is 1. The van der Waals surface area contributed by atoms with Gasteiger partial charge in [0.05, 0.1) is 29.1 Å². The van der Waals surface area contributed by atoms with E-state index in [1.165, 1.54) is 16.7 Å². The molecule has 0 amide bonds. The van der Waals surface area contributed by atoms with Gasteiger partial charge in [-0.1, -0.05) is 0 Å². The van der Waals surface area contributed by atoms with Crippen LogP contribution in [0, 0.1) is 12.7 Å². The predicted molar refractivity (Wildman–Crippen MR) is 92.4 cm³/mol. The average molecular weight is 345 g/mol. The SMILES string of the molecule is Cc1nc2cc(F)cc(NC(C)C)c2c(=O)n1C1CCC(=O)CC1=O. The van der Waals surface area contributed by atoms with Crippen molar-refractivity contribution in [1.29, 1.82) is 0 Å². The van der Waals surface area contributed by atoms with Crippen molar-refractivity contribution in [2.24, 2.45) is 0 Å². The zero-order chi connectivity index (χ0) is 18.3. The van der Waals surface area contributed by atoms with Crippen LogP contribution < -0.4 is 10.9 Å². The van der Waals surface area contributed by atoms with Crippen LogP contribution in [0.2, 0.25) is 0 Å². The lowest BCUT2D eigenvalue weighted by Crippen LogP contribution is -2.36. The highest BCUT2D eigenvalue weighted by Crippen LogP contribution is 2.26. The number of hydrogen-bond acceptors (Lipinski definition) is 5. The number of aromatic nitrogens is 2. The number of halogens is 1. The third-order valence-electron chi connectivity index (χ3n) is 4.34. The fourth-order valence-corrected chi connectivity index (χ4v) is 3.33. The van der Waals surface area contributed by atoms with Gasteiger partial charge in [0, 0.05) is 18.5 Å². The molecule has 1 heterocycles. The highest BCUT2D eigenvalue weighted by atomic mass is 19.1. The Morgan fingerprint density at radius 1 is 1.28 bits per heavy atom. The van der Waals surface area contributed by atoms with E-state index in [0.717, 1.165) is 0 Å². The largest absolute Gasteiger partial charge is 0.382 e. The number of hydrogen-bond donors (Lipinski definition) is 1. The van der Waals surface area contributed by atoms with Crippen molar-refractivity contribution in [3.8, 4) is 0 Å². The van der Waals surface area contributed by atoms with Gasteiger partial charge in [-0.25, -0.2) is 9.37 Å². The molecule has 1 atom stereocenters. The molecule has 2 aromatic rings. The van der Waals surface area contributed by atoms with Crippen molar-refractivity contribution in [3.63, 3.8) is 0 Å². The molecule has 1 aromatic heterocycles. The number of fused-ring (bicyclic) bond motifs is 1. The van der Waals surface area contributed by atoms with E-state index in [1.54, 1.807) is 6.92 Å². The molecule has 0 spiro atoms. The number of Topliss-reactive ketones (excluding diaryl/α,β-unsaturated/α-hetero) is 2. The fourth-order valence-electron chi connectivity index (χ4n) is 3.33. The molecule has 1 aliphatic rings. The monoisotopic (exact) mass is 345 g/mol. The molecule has 3 rings (SSSR count). The second-order valence-electron chi connectivity index (χ2n) is 6.72. The van der Waals surface area contributed by atoms with Gasteiger partial charge in [-0.05, 0) is 33.3 Å². The molecule has 25 heavy (non-hydrogen) atoms. The molecule has 1 N–H and O–H groups in total. The Hall–Kier alpha value is -2.57. The topological polar surface area (TPSA) is 81.1 Å². The van der Waals surface area contributed by atoms with Crippen molar-refractivity contribution >= 4 is 28.2 Å². The van der Waals surface area contributed by atoms with Gasteiger partial charge < -0.3 is 5.32 Å². The first-order valence-electron chi connectivity index (χ1n) is 8.31. The standard InChI is InChI=1S/C18H20FN3O3/c1-9(2)20-13-6-11(19)7-14-17(13)18(25)22(10(3)21-14)15-5-4-12(23)8-16(15)24/h6-7,9,15,20H,4-5,8H2,1-3H3. The minimum atomic E-state index is -0.695. The van der Waals surface area contributed by atoms with Crippen molar-refractivity contribution in [2.45, 2.75) is 52.1 Å². The van der Waals surface area contributed by atoms with Crippen LogP contribution in [0.25, 0.3) is 10.9 Å². The number of nitrogens with one attached hydrogen (secondary N) is 1. The summed E-state index contributed by atoms with van der Waals surface area (Å²) in [7, 11) is 0. The summed E-state index contributed by atoms with van der Waals surface area (Å²) in [5.74, 6) is -0.529. The lowest BCUT2D eigenvalue weighted by molar-refractivity contribution is -0.132. The highest BCUT2D eigenvalue weighted by molar-refractivity contribution is 6.03. The smallest absolute Gasteiger partial charge is 0.264 e. The molecule has 7 heteroatoms. The van der Waals surface area contributed by atoms with Gasteiger partial charge in [0.2, 0.25) is 0 Å². The van der Waals surface area contributed by atoms with E-state index in [4.69, 9.17) is 0 Å². The van der Waals surface area contributed by atoms with Crippen LogP contribution in [0.5, 0.6) is 0 Å². The Morgan fingerprint density at radius 2 is 2.00 bits per heavy atom. The number of nitrogens with zero attached hydrogens (tertiary/aromatic N) is 2. The number of rotatable bonds is 3. The van der Waals surface area contributed by atoms with Crippen LogP contribution >= 0.6 is 0 Å². The lowest BCUT2D eigenvalue weighted by Gasteiger charge is -2.24. The first-order valence-corrected chi connectivity index (χ1v) is 8.31. The second-order valence-corrected chi connectivity index (χ2v) is 6.72. The molecule has 0 saturated heterocycles. The molecular formula is C18H20FN3O3. The molecule has 1 aliphatic carbocycles. The predicted octanol–water partition coefficient (Wildman–Crippen LogP) is 2.53. The van der Waals surface area contributed by atoms with Crippen molar-refractivity contribution in [3.05, 3.63) is 34.1 Å². The van der Waals surface area contributed by atoms with Gasteiger partial charge in [-0.2, -0.15) is 0 Å². The second kappa shape index (κ2) is 6.38. The van der Waals surface area contributed by atoms with Gasteiger partial charge in [-0.3, -0.25) is 19.0 Å². The first-order chi connectivity index (χ1) is 11.8. The van der Waals surface area contributed by atoms with Crippen LogP contribution in [-0.2, 0) is 9.59 Å². The highest BCUT2D eigenvalue weighted by Gasteiger charge is 2.31. The van der Waals surface area contributed by atoms with Gasteiger partial charge >= 0.3 is 0 Å². The van der Waals surface area contributed by atoms with Gasteiger partial charge in [0.1, 0.15) is 17.4 Å². The maximum absolute atomic E-state index is 13.9. The van der Waals surface area contributed by atoms with E-state index in [1.807, 2.05) is 13.8 Å². The van der Waals surface area contributed by atoms with E-state index >= 15 is 0 Å². The average Bonchev–Trinajstić information content (AvgIpc) is 2.47. The summed E-state index contributed by atoms with van der Waals surface area (Å²) >= 11 is 0. The van der Waals surface area contributed by atoms with E-state index in [9.17, 15) is 18.8 Å². The number of benzene rings is 1. The van der Waals surface area contributed by atoms with Crippen molar-refractivity contribution < 1.29 is 14.0 Å². The molecule has 1 aromatic carbocycles. The minimum Gasteiger partial charge on any atom is -0.382 e. The third-order valence-corrected chi connectivity index (χ3v) is 4.34. The maximum atomic E-state index is 13.9.